The second kappa shape index (κ2) is 4.98. The second-order valence-electron chi connectivity index (χ2n) is 5.58. The lowest BCUT2D eigenvalue weighted by Gasteiger charge is -2.10. The molecule has 4 rings (SSSR count). The molecule has 2 heterocycles. The van der Waals surface area contributed by atoms with Gasteiger partial charge in [0, 0.05) is 28.4 Å². The number of anilines is 1. The van der Waals surface area contributed by atoms with Crippen molar-refractivity contribution in [3.63, 3.8) is 0 Å². The zero-order valence-corrected chi connectivity index (χ0v) is 12.6. The minimum Gasteiger partial charge on any atom is -0.497 e. The molecule has 3 aromatic rings. The Labute approximate surface area is 129 Å². The van der Waals surface area contributed by atoms with Crippen molar-refractivity contribution in [3.05, 3.63) is 53.7 Å². The van der Waals surface area contributed by atoms with Crippen LogP contribution in [0.2, 0.25) is 0 Å². The summed E-state index contributed by atoms with van der Waals surface area (Å²) in [6, 6.07) is 12.6. The van der Waals surface area contributed by atoms with Crippen molar-refractivity contribution in [3.8, 4) is 11.5 Å². The number of aromatic nitrogens is 1. The molecule has 4 nitrogen and oxygen atoms in total. The summed E-state index contributed by atoms with van der Waals surface area (Å²) < 4.78 is 10.7. The quantitative estimate of drug-likeness (QED) is 0.770. The van der Waals surface area contributed by atoms with Crippen LogP contribution in [0.3, 0.4) is 0 Å². The summed E-state index contributed by atoms with van der Waals surface area (Å²) in [5.74, 6) is 1.78. The molecule has 1 aliphatic heterocycles. The Morgan fingerprint density at radius 1 is 1.00 bits per heavy atom. The Hall–Kier alpha value is -2.62. The van der Waals surface area contributed by atoms with Gasteiger partial charge in [-0.05, 0) is 48.4 Å². The first-order valence-corrected chi connectivity index (χ1v) is 7.37. The van der Waals surface area contributed by atoms with E-state index in [0.717, 1.165) is 23.4 Å². The predicted octanol–water partition coefficient (Wildman–Crippen LogP) is 3.89. The van der Waals surface area contributed by atoms with E-state index in [1.807, 2.05) is 12.1 Å². The first-order chi connectivity index (χ1) is 10.8. The summed E-state index contributed by atoms with van der Waals surface area (Å²) in [5, 5.41) is 4.81. The number of nitrogens with one attached hydrogen (secondary N) is 2. The van der Waals surface area contributed by atoms with Crippen LogP contribution in [-0.4, -0.2) is 19.2 Å². The fourth-order valence-corrected chi connectivity index (χ4v) is 3.19. The van der Waals surface area contributed by atoms with Crippen LogP contribution in [0, 0.1) is 0 Å². The normalized spacial score (nSPS) is 16.4. The van der Waals surface area contributed by atoms with Gasteiger partial charge in [0.05, 0.1) is 20.3 Å². The van der Waals surface area contributed by atoms with Gasteiger partial charge < -0.3 is 19.8 Å². The molecule has 1 aliphatic rings. The summed E-state index contributed by atoms with van der Waals surface area (Å²) >= 11 is 0. The zero-order chi connectivity index (χ0) is 15.1. The van der Waals surface area contributed by atoms with Gasteiger partial charge >= 0.3 is 0 Å². The molecule has 1 aromatic heterocycles. The molecule has 0 bridgehead atoms. The lowest BCUT2D eigenvalue weighted by molar-refractivity contribution is 0.414. The van der Waals surface area contributed by atoms with Gasteiger partial charge in [-0.15, -0.1) is 0 Å². The highest BCUT2D eigenvalue weighted by atomic mass is 16.5. The fourth-order valence-electron chi connectivity index (χ4n) is 3.19. The largest absolute Gasteiger partial charge is 0.497 e. The van der Waals surface area contributed by atoms with Crippen LogP contribution in [-0.2, 0) is 6.42 Å². The third-order valence-electron chi connectivity index (χ3n) is 4.36. The number of ether oxygens (including phenoxy) is 2. The maximum absolute atomic E-state index is 5.35. The van der Waals surface area contributed by atoms with Gasteiger partial charge in [0.25, 0.3) is 0 Å². The highest BCUT2D eigenvalue weighted by molar-refractivity contribution is 5.86. The molecule has 0 saturated heterocycles. The average molecular weight is 294 g/mol. The maximum Gasteiger partial charge on any atom is 0.119 e. The molecule has 0 amide bonds. The van der Waals surface area contributed by atoms with E-state index in [4.69, 9.17) is 9.47 Å². The van der Waals surface area contributed by atoms with Gasteiger partial charge in [-0.3, -0.25) is 0 Å². The molecule has 2 aromatic carbocycles. The topological polar surface area (TPSA) is 46.3 Å². The van der Waals surface area contributed by atoms with E-state index < -0.39 is 0 Å². The Bertz CT molecular complexity index is 838. The lowest BCUT2D eigenvalue weighted by Crippen LogP contribution is -2.04. The minimum atomic E-state index is 0.267. The van der Waals surface area contributed by atoms with Crippen LogP contribution in [0.15, 0.2) is 42.6 Å². The minimum absolute atomic E-state index is 0.267. The van der Waals surface area contributed by atoms with Crippen LogP contribution >= 0.6 is 0 Å². The van der Waals surface area contributed by atoms with Crippen LogP contribution in [0.4, 0.5) is 5.69 Å². The molecule has 0 aliphatic carbocycles. The summed E-state index contributed by atoms with van der Waals surface area (Å²) in [4.78, 5) is 3.35. The second-order valence-corrected chi connectivity index (χ2v) is 5.58. The first-order valence-electron chi connectivity index (χ1n) is 7.37. The summed E-state index contributed by atoms with van der Waals surface area (Å²) in [6.45, 7) is 0. The van der Waals surface area contributed by atoms with E-state index >= 15 is 0 Å². The predicted molar refractivity (Wildman–Crippen MR) is 87.9 cm³/mol. The molecule has 112 valence electrons. The molecule has 1 atom stereocenters. The highest BCUT2D eigenvalue weighted by Crippen LogP contribution is 2.39. The van der Waals surface area contributed by atoms with Gasteiger partial charge in [-0.25, -0.2) is 0 Å². The molecule has 2 N–H and O–H groups in total. The molecule has 0 radical (unpaired) electrons. The van der Waals surface area contributed by atoms with Gasteiger partial charge in [0.1, 0.15) is 11.5 Å². The third kappa shape index (κ3) is 1.99. The number of benzene rings is 2. The van der Waals surface area contributed by atoms with Gasteiger partial charge in [-0.2, -0.15) is 0 Å². The Kier molecular flexibility index (Phi) is 2.96. The molecule has 0 saturated carbocycles. The standard InChI is InChI=1S/C18H18N2O2/c1-21-12-3-5-16-11(7-12)8-18(20-16)15-10-19-17-6-4-13(22-2)9-14(15)17/h3-7,9-10,18-20H,8H2,1-2H3. The van der Waals surface area contributed by atoms with Gasteiger partial charge in [0.2, 0.25) is 0 Å². The monoisotopic (exact) mass is 294 g/mol. The van der Waals surface area contributed by atoms with E-state index in [-0.39, 0.29) is 6.04 Å². The van der Waals surface area contributed by atoms with E-state index in [2.05, 4.69) is 40.8 Å². The van der Waals surface area contributed by atoms with E-state index in [0.29, 0.717) is 0 Å². The SMILES string of the molecule is COc1ccc2c(c1)CC(c1c[nH]c3ccc(OC)cc13)N2. The van der Waals surface area contributed by atoms with Gasteiger partial charge in [0.15, 0.2) is 0 Å². The first kappa shape index (κ1) is 13.1. The number of aromatic amines is 1. The van der Waals surface area contributed by atoms with Crippen LogP contribution in [0.1, 0.15) is 17.2 Å². The van der Waals surface area contributed by atoms with E-state index in [9.17, 15) is 0 Å². The highest BCUT2D eigenvalue weighted by Gasteiger charge is 2.24. The van der Waals surface area contributed by atoms with E-state index in [1.165, 1.54) is 22.2 Å². The number of rotatable bonds is 3. The van der Waals surface area contributed by atoms with Crippen LogP contribution in [0.25, 0.3) is 10.9 Å². The molecular weight excluding hydrogens is 276 g/mol. The van der Waals surface area contributed by atoms with Crippen molar-refractivity contribution in [2.45, 2.75) is 12.5 Å². The fraction of sp³-hybridized carbons (Fsp3) is 0.222. The van der Waals surface area contributed by atoms with Crippen molar-refractivity contribution in [1.29, 1.82) is 0 Å². The number of hydrogen-bond donors (Lipinski definition) is 2. The number of H-pyrrole nitrogens is 1. The molecule has 4 heteroatoms. The maximum atomic E-state index is 5.35. The molecule has 1 unspecified atom stereocenters. The Balaban J connectivity index is 1.72. The number of hydrogen-bond acceptors (Lipinski definition) is 3. The van der Waals surface area contributed by atoms with Crippen molar-refractivity contribution >= 4 is 16.6 Å². The summed E-state index contributed by atoms with van der Waals surface area (Å²) in [6.07, 6.45) is 3.04. The van der Waals surface area contributed by atoms with Crippen molar-refractivity contribution < 1.29 is 9.47 Å². The Morgan fingerprint density at radius 2 is 1.77 bits per heavy atom. The van der Waals surface area contributed by atoms with E-state index in [1.54, 1.807) is 14.2 Å². The number of fused-ring (bicyclic) bond motifs is 2. The zero-order valence-electron chi connectivity index (χ0n) is 12.6. The molecule has 0 spiro atoms. The smallest absolute Gasteiger partial charge is 0.119 e. The van der Waals surface area contributed by atoms with Crippen molar-refractivity contribution in [1.82, 2.24) is 4.98 Å². The molecule has 22 heavy (non-hydrogen) atoms. The van der Waals surface area contributed by atoms with Crippen molar-refractivity contribution in [2.24, 2.45) is 0 Å². The Morgan fingerprint density at radius 3 is 2.59 bits per heavy atom. The number of methoxy groups -OCH3 is 2. The van der Waals surface area contributed by atoms with Gasteiger partial charge in [-0.1, -0.05) is 0 Å². The van der Waals surface area contributed by atoms with Crippen LogP contribution < -0.4 is 14.8 Å². The summed E-state index contributed by atoms with van der Waals surface area (Å²) in [7, 11) is 3.40. The third-order valence-corrected chi connectivity index (χ3v) is 4.36. The van der Waals surface area contributed by atoms with Crippen molar-refractivity contribution in [2.75, 3.05) is 19.5 Å². The molecule has 0 fully saturated rings. The molecular formula is C18H18N2O2. The average Bonchev–Trinajstić information content (AvgIpc) is 3.16. The lowest BCUT2D eigenvalue weighted by atomic mass is 10.0. The van der Waals surface area contributed by atoms with Crippen LogP contribution in [0.5, 0.6) is 11.5 Å². The summed E-state index contributed by atoms with van der Waals surface area (Å²) in [5.41, 5.74) is 4.87.